The van der Waals surface area contributed by atoms with Crippen molar-refractivity contribution in [2.45, 2.75) is 51.3 Å². The van der Waals surface area contributed by atoms with Crippen molar-refractivity contribution in [2.24, 2.45) is 0 Å². The topological polar surface area (TPSA) is 9.23 Å². The molecule has 0 heterocycles. The van der Waals surface area contributed by atoms with Crippen LogP contribution in [0.5, 0.6) is 0 Å². The monoisotopic (exact) mass is 170 g/mol. The average molecular weight is 170 g/mol. The summed E-state index contributed by atoms with van der Waals surface area (Å²) in [5.41, 5.74) is 0. The van der Waals surface area contributed by atoms with Gasteiger partial charge in [-0.15, -0.1) is 0 Å². The fraction of sp³-hybridized carbons (Fsp3) is 1.00. The highest BCUT2D eigenvalue weighted by molar-refractivity contribution is 6.08. The summed E-state index contributed by atoms with van der Waals surface area (Å²) in [5, 5.41) is 0. The SMILES string of the molecule is BCCCCCCCCCOC. The van der Waals surface area contributed by atoms with Gasteiger partial charge in [-0.25, -0.2) is 0 Å². The molecule has 1 nitrogen and oxygen atoms in total. The molecule has 0 rings (SSSR count). The van der Waals surface area contributed by atoms with E-state index in [1.807, 2.05) is 0 Å². The van der Waals surface area contributed by atoms with Gasteiger partial charge in [-0.05, 0) is 6.42 Å². The molecule has 0 aliphatic heterocycles. The number of unbranched alkanes of at least 4 members (excludes halogenated alkanes) is 6. The van der Waals surface area contributed by atoms with Crippen LogP contribution in [0.2, 0.25) is 6.32 Å². The van der Waals surface area contributed by atoms with Gasteiger partial charge in [0.25, 0.3) is 0 Å². The van der Waals surface area contributed by atoms with Gasteiger partial charge in [0.2, 0.25) is 0 Å². The number of hydrogen-bond donors (Lipinski definition) is 0. The predicted octanol–water partition coefficient (Wildman–Crippen LogP) is 2.41. The third kappa shape index (κ3) is 10.0. The van der Waals surface area contributed by atoms with Crippen molar-refractivity contribution in [2.75, 3.05) is 13.7 Å². The maximum absolute atomic E-state index is 4.99. The summed E-state index contributed by atoms with van der Waals surface area (Å²) in [6.07, 6.45) is 11.0. The van der Waals surface area contributed by atoms with Gasteiger partial charge in [0.1, 0.15) is 7.85 Å². The van der Waals surface area contributed by atoms with E-state index in [0.29, 0.717) is 0 Å². The second-order valence-electron chi connectivity index (χ2n) is 3.47. The van der Waals surface area contributed by atoms with Gasteiger partial charge >= 0.3 is 0 Å². The minimum atomic E-state index is 0.939. The Bertz CT molecular complexity index is 66.2. The normalized spacial score (nSPS) is 10.4. The Morgan fingerprint density at radius 2 is 1.33 bits per heavy atom. The third-order valence-corrected chi connectivity index (χ3v) is 2.20. The summed E-state index contributed by atoms with van der Waals surface area (Å²) in [6, 6.07) is 0. The molecule has 2 heteroatoms. The highest BCUT2D eigenvalue weighted by atomic mass is 16.5. The molecule has 0 spiro atoms. The van der Waals surface area contributed by atoms with E-state index in [0.717, 1.165) is 6.61 Å². The Morgan fingerprint density at radius 3 is 1.83 bits per heavy atom. The van der Waals surface area contributed by atoms with Crippen LogP contribution in [0.4, 0.5) is 0 Å². The standard InChI is InChI=1S/C10H23BO/c1-12-10-8-6-4-2-3-5-7-9-11/h2-11H2,1H3. The number of methoxy groups -OCH3 is 1. The summed E-state index contributed by atoms with van der Waals surface area (Å²) < 4.78 is 4.99. The molecule has 0 aliphatic carbocycles. The molecule has 0 aromatic carbocycles. The first-order valence-corrected chi connectivity index (χ1v) is 5.40. The lowest BCUT2D eigenvalue weighted by molar-refractivity contribution is 0.192. The summed E-state index contributed by atoms with van der Waals surface area (Å²) >= 11 is 0. The van der Waals surface area contributed by atoms with Crippen molar-refractivity contribution >= 4 is 7.85 Å². The molecule has 0 saturated heterocycles. The summed E-state index contributed by atoms with van der Waals surface area (Å²) in [7, 11) is 4.04. The molecule has 0 bridgehead atoms. The zero-order valence-corrected chi connectivity index (χ0v) is 8.77. The van der Waals surface area contributed by atoms with Gasteiger partial charge < -0.3 is 4.74 Å². The second kappa shape index (κ2) is 11.0. The number of hydrogen-bond acceptors (Lipinski definition) is 1. The molecule has 72 valence electrons. The zero-order valence-electron chi connectivity index (χ0n) is 8.77. The first-order chi connectivity index (χ1) is 5.91. The summed E-state index contributed by atoms with van der Waals surface area (Å²) in [6.45, 7) is 0.939. The van der Waals surface area contributed by atoms with E-state index >= 15 is 0 Å². The average Bonchev–Trinajstić information content (AvgIpc) is 2.10. The van der Waals surface area contributed by atoms with Gasteiger partial charge in [-0.2, -0.15) is 0 Å². The first-order valence-electron chi connectivity index (χ1n) is 5.40. The van der Waals surface area contributed by atoms with E-state index in [1.54, 1.807) is 7.11 Å². The Hall–Kier alpha value is 0.0249. The molecule has 0 N–H and O–H groups in total. The summed E-state index contributed by atoms with van der Waals surface area (Å²) in [5.74, 6) is 0. The Morgan fingerprint density at radius 1 is 0.833 bits per heavy atom. The maximum atomic E-state index is 4.99. The van der Waals surface area contributed by atoms with Crippen molar-refractivity contribution in [1.29, 1.82) is 0 Å². The molecule has 0 fully saturated rings. The molecule has 0 saturated carbocycles. The molecular weight excluding hydrogens is 147 g/mol. The van der Waals surface area contributed by atoms with Crippen molar-refractivity contribution in [3.8, 4) is 0 Å². The minimum absolute atomic E-state index is 0.939. The van der Waals surface area contributed by atoms with Crippen LogP contribution in [0, 0.1) is 0 Å². The zero-order chi connectivity index (χ0) is 9.07. The smallest absolute Gasteiger partial charge is 0.101 e. The Labute approximate surface area is 78.3 Å². The van der Waals surface area contributed by atoms with Crippen LogP contribution in [0.15, 0.2) is 0 Å². The van der Waals surface area contributed by atoms with E-state index in [2.05, 4.69) is 7.85 Å². The molecule has 0 aromatic heterocycles. The number of ether oxygens (including phenoxy) is 1. The second-order valence-corrected chi connectivity index (χ2v) is 3.47. The lowest BCUT2D eigenvalue weighted by Crippen LogP contribution is -1.88. The molecular formula is C10H23BO. The molecule has 0 radical (unpaired) electrons. The van der Waals surface area contributed by atoms with Crippen LogP contribution in [-0.2, 0) is 4.74 Å². The van der Waals surface area contributed by atoms with Crippen molar-refractivity contribution in [3.63, 3.8) is 0 Å². The van der Waals surface area contributed by atoms with Crippen LogP contribution in [0.3, 0.4) is 0 Å². The predicted molar refractivity (Wildman–Crippen MR) is 57.5 cm³/mol. The molecule has 12 heavy (non-hydrogen) atoms. The highest BCUT2D eigenvalue weighted by Gasteiger charge is 1.90. The first kappa shape index (κ1) is 12.0. The molecule has 0 atom stereocenters. The molecule has 0 unspecified atom stereocenters. The van der Waals surface area contributed by atoms with Crippen LogP contribution >= 0.6 is 0 Å². The van der Waals surface area contributed by atoms with Crippen LogP contribution in [0.25, 0.3) is 0 Å². The van der Waals surface area contributed by atoms with E-state index < -0.39 is 0 Å². The van der Waals surface area contributed by atoms with Gasteiger partial charge in [-0.3, -0.25) is 0 Å². The third-order valence-electron chi connectivity index (χ3n) is 2.20. The maximum Gasteiger partial charge on any atom is 0.101 e. The van der Waals surface area contributed by atoms with Crippen molar-refractivity contribution in [1.82, 2.24) is 0 Å². The van der Waals surface area contributed by atoms with Crippen LogP contribution < -0.4 is 0 Å². The lowest BCUT2D eigenvalue weighted by Gasteiger charge is -2.00. The van der Waals surface area contributed by atoms with E-state index in [9.17, 15) is 0 Å². The van der Waals surface area contributed by atoms with Gasteiger partial charge in [-0.1, -0.05) is 44.8 Å². The van der Waals surface area contributed by atoms with E-state index in [4.69, 9.17) is 4.74 Å². The largest absolute Gasteiger partial charge is 0.385 e. The minimum Gasteiger partial charge on any atom is -0.385 e. The van der Waals surface area contributed by atoms with Crippen LogP contribution in [-0.4, -0.2) is 21.6 Å². The molecule has 0 aromatic rings. The quantitative estimate of drug-likeness (QED) is 0.381. The molecule has 0 aliphatic rings. The van der Waals surface area contributed by atoms with E-state index in [1.165, 1.54) is 51.3 Å². The fourth-order valence-corrected chi connectivity index (χ4v) is 1.38. The Balaban J connectivity index is 2.73. The van der Waals surface area contributed by atoms with Gasteiger partial charge in [0.05, 0.1) is 0 Å². The fourth-order valence-electron chi connectivity index (χ4n) is 1.38. The summed E-state index contributed by atoms with van der Waals surface area (Å²) in [4.78, 5) is 0. The highest BCUT2D eigenvalue weighted by Crippen LogP contribution is 2.07. The van der Waals surface area contributed by atoms with Gasteiger partial charge in [0.15, 0.2) is 0 Å². The van der Waals surface area contributed by atoms with E-state index in [-0.39, 0.29) is 0 Å². The number of rotatable bonds is 9. The van der Waals surface area contributed by atoms with Crippen molar-refractivity contribution in [3.05, 3.63) is 0 Å². The molecule has 0 amide bonds. The Kier molecular flexibility index (Phi) is 11.0. The van der Waals surface area contributed by atoms with Crippen molar-refractivity contribution < 1.29 is 4.74 Å². The lowest BCUT2D eigenvalue weighted by atomic mass is 9.98. The van der Waals surface area contributed by atoms with Gasteiger partial charge in [0, 0.05) is 13.7 Å². The van der Waals surface area contributed by atoms with Crippen LogP contribution in [0.1, 0.15) is 44.9 Å².